The topological polar surface area (TPSA) is 166 Å². The maximum Gasteiger partial charge on any atom is 0.407 e. The second kappa shape index (κ2) is 22.4. The zero-order valence-electron chi connectivity index (χ0n) is 39.8. The van der Waals surface area contributed by atoms with E-state index in [1.54, 1.807) is 13.8 Å². The summed E-state index contributed by atoms with van der Waals surface area (Å²) in [5.41, 5.74) is 1.81. The summed E-state index contributed by atoms with van der Waals surface area (Å²) in [5.74, 6) is 2.73. The Balaban J connectivity index is 0.832. The lowest BCUT2D eigenvalue weighted by Crippen LogP contribution is -2.39. The van der Waals surface area contributed by atoms with E-state index >= 15 is 0 Å². The van der Waals surface area contributed by atoms with Crippen molar-refractivity contribution in [3.63, 3.8) is 0 Å². The highest BCUT2D eigenvalue weighted by molar-refractivity contribution is 5.87. The van der Waals surface area contributed by atoms with Gasteiger partial charge in [0.25, 0.3) is 0 Å². The summed E-state index contributed by atoms with van der Waals surface area (Å²) in [7, 11) is 0. The van der Waals surface area contributed by atoms with Gasteiger partial charge in [0.05, 0.1) is 39.6 Å². The van der Waals surface area contributed by atoms with Gasteiger partial charge in [0.1, 0.15) is 24.7 Å². The van der Waals surface area contributed by atoms with Crippen molar-refractivity contribution in [2.45, 2.75) is 104 Å². The van der Waals surface area contributed by atoms with Crippen LogP contribution in [0.5, 0.6) is 11.5 Å². The Bertz CT molecular complexity index is 2030. The molecule has 0 aliphatic heterocycles. The minimum atomic E-state index is -0.592. The fraction of sp³-hybridized carbons (Fsp3) is 0.623. The fourth-order valence-electron chi connectivity index (χ4n) is 11.8. The molecule has 0 aromatic heterocycles. The first kappa shape index (κ1) is 49.8. The molecule has 9 atom stereocenters. The molecule has 5 saturated carbocycles. The van der Waals surface area contributed by atoms with Gasteiger partial charge in [-0.1, -0.05) is 56.5 Å². The number of para-hydroxylation sites is 2. The molecule has 14 heteroatoms. The normalized spacial score (nSPS) is 27.5. The third-order valence-corrected chi connectivity index (χ3v) is 15.0. The number of hydrogen-bond donors (Lipinski definition) is 2. The fourth-order valence-corrected chi connectivity index (χ4v) is 11.8. The molecule has 0 saturated heterocycles. The van der Waals surface area contributed by atoms with Gasteiger partial charge in [-0.3, -0.25) is 0 Å². The molecule has 2 amide bonds. The lowest BCUT2D eigenvalue weighted by atomic mass is 9.64. The molecule has 5 fully saturated rings. The average Bonchev–Trinajstić information content (AvgIpc) is 4.26. The summed E-state index contributed by atoms with van der Waals surface area (Å²) in [5, 5.41) is 5.69. The van der Waals surface area contributed by atoms with Crippen molar-refractivity contribution in [1.82, 2.24) is 10.6 Å². The Morgan fingerprint density at radius 2 is 1.15 bits per heavy atom. The number of hydrogen-bond acceptors (Lipinski definition) is 12. The predicted octanol–water partition coefficient (Wildman–Crippen LogP) is 8.78. The van der Waals surface area contributed by atoms with Crippen molar-refractivity contribution in [3.05, 3.63) is 85.0 Å². The maximum absolute atomic E-state index is 12.9. The van der Waals surface area contributed by atoms with Crippen LogP contribution in [0.1, 0.15) is 91.4 Å². The van der Waals surface area contributed by atoms with Crippen molar-refractivity contribution in [3.8, 4) is 11.5 Å². The van der Waals surface area contributed by atoms with Crippen LogP contribution in [0, 0.1) is 39.4 Å². The number of carbonyl (C=O) groups is 4. The Kier molecular flexibility index (Phi) is 16.6. The Morgan fingerprint density at radius 1 is 0.642 bits per heavy atom. The van der Waals surface area contributed by atoms with E-state index in [0.29, 0.717) is 97.7 Å². The van der Waals surface area contributed by atoms with E-state index in [-0.39, 0.29) is 49.2 Å². The number of unbranched alkanes of at least 4 members (excludes halogenated alkanes) is 4. The number of rotatable bonds is 30. The summed E-state index contributed by atoms with van der Waals surface area (Å²) < 4.78 is 46.9. The molecule has 0 bridgehead atoms. The second-order valence-electron chi connectivity index (χ2n) is 20.0. The Labute approximate surface area is 396 Å². The molecule has 7 rings (SSSR count). The lowest BCUT2D eigenvalue weighted by molar-refractivity contribution is -0.139. The second-order valence-corrected chi connectivity index (χ2v) is 20.0. The van der Waals surface area contributed by atoms with Crippen LogP contribution in [0.2, 0.25) is 0 Å². The summed E-state index contributed by atoms with van der Waals surface area (Å²) in [4.78, 5) is 48.9. The van der Waals surface area contributed by atoms with Crippen LogP contribution in [-0.4, -0.2) is 102 Å². The molecule has 366 valence electrons. The smallest absolute Gasteiger partial charge is 0.407 e. The standard InChI is InChI=1S/C53H72N2O12/c1-37(2)46(56)62-26-16-8-14-24-54-48(58)66-41(32-64-39-18-10-6-11-19-39)30-60-35-50(5)23-22-44-43(28-50)45-29-52(45)51(34-53(44,51)52)36-61-31-42(33-65-40-20-12-7-13-21-40)67-49(59)55-25-15-9-17-27-63-47(57)38(3)4/h6-7,10-13,18-21,41-45H,1,3,8-9,14-17,22-36H2,2,4-5H3,(H,54,58)(H,55,59). The van der Waals surface area contributed by atoms with Crippen molar-refractivity contribution in [2.75, 3.05) is 65.9 Å². The number of alkyl carbamates (subject to hydrolysis) is 2. The average molecular weight is 929 g/mol. The van der Waals surface area contributed by atoms with Gasteiger partial charge in [0.15, 0.2) is 12.2 Å². The molecule has 2 aromatic rings. The first-order valence-corrected chi connectivity index (χ1v) is 24.4. The van der Waals surface area contributed by atoms with Crippen molar-refractivity contribution < 1.29 is 57.1 Å². The van der Waals surface area contributed by atoms with Gasteiger partial charge >= 0.3 is 24.1 Å². The van der Waals surface area contributed by atoms with Crippen LogP contribution < -0.4 is 20.1 Å². The summed E-state index contributed by atoms with van der Waals surface area (Å²) in [6.07, 6.45) is 8.13. The van der Waals surface area contributed by atoms with Crippen LogP contribution >= 0.6 is 0 Å². The van der Waals surface area contributed by atoms with Crippen LogP contribution in [0.25, 0.3) is 0 Å². The van der Waals surface area contributed by atoms with E-state index in [4.69, 9.17) is 37.9 Å². The zero-order chi connectivity index (χ0) is 47.5. The van der Waals surface area contributed by atoms with Gasteiger partial charge in [-0.25, -0.2) is 19.2 Å². The molecule has 14 nitrogen and oxygen atoms in total. The first-order valence-electron chi connectivity index (χ1n) is 24.4. The van der Waals surface area contributed by atoms with Gasteiger partial charge in [0.2, 0.25) is 0 Å². The molecular formula is C53H72N2O12. The van der Waals surface area contributed by atoms with Crippen molar-refractivity contribution in [1.29, 1.82) is 0 Å². The van der Waals surface area contributed by atoms with E-state index in [2.05, 4.69) is 30.7 Å². The highest BCUT2D eigenvalue weighted by Gasteiger charge is 3.10. The number of carbonyl (C=O) groups excluding carboxylic acids is 4. The lowest BCUT2D eigenvalue weighted by Gasteiger charge is -2.43. The number of nitrogens with one attached hydrogen (secondary N) is 2. The number of benzene rings is 2. The van der Waals surface area contributed by atoms with Crippen LogP contribution in [0.15, 0.2) is 85.0 Å². The van der Waals surface area contributed by atoms with E-state index in [0.717, 1.165) is 44.4 Å². The number of esters is 2. The van der Waals surface area contributed by atoms with Gasteiger partial charge < -0.3 is 48.5 Å². The first-order chi connectivity index (χ1) is 32.3. The van der Waals surface area contributed by atoms with Crippen LogP contribution in [0.4, 0.5) is 9.59 Å². The monoisotopic (exact) mass is 929 g/mol. The Hall–Kier alpha value is -5.08. The van der Waals surface area contributed by atoms with Crippen molar-refractivity contribution in [2.24, 2.45) is 39.4 Å². The molecule has 2 aromatic carbocycles. The quantitative estimate of drug-likeness (QED) is 0.0332. The summed E-state index contributed by atoms with van der Waals surface area (Å²) >= 11 is 0. The predicted molar refractivity (Wildman–Crippen MR) is 250 cm³/mol. The number of ether oxygens (including phenoxy) is 8. The van der Waals surface area contributed by atoms with E-state index in [9.17, 15) is 19.2 Å². The van der Waals surface area contributed by atoms with Gasteiger partial charge in [0, 0.05) is 29.7 Å². The highest BCUT2D eigenvalue weighted by atomic mass is 16.6. The minimum absolute atomic E-state index is 0.0293. The third kappa shape index (κ3) is 11.8. The summed E-state index contributed by atoms with van der Waals surface area (Å²) in [6, 6.07) is 19.0. The molecule has 0 radical (unpaired) electrons. The largest absolute Gasteiger partial charge is 0.490 e. The van der Waals surface area contributed by atoms with Crippen LogP contribution in [0.3, 0.4) is 0 Å². The molecule has 5 aliphatic rings. The van der Waals surface area contributed by atoms with Crippen molar-refractivity contribution >= 4 is 24.1 Å². The zero-order valence-corrected chi connectivity index (χ0v) is 39.8. The molecule has 2 spiro atoms. The van der Waals surface area contributed by atoms with Gasteiger partial charge in [-0.2, -0.15) is 0 Å². The molecule has 5 aliphatic carbocycles. The molecule has 67 heavy (non-hydrogen) atoms. The molecule has 9 unspecified atom stereocenters. The van der Waals surface area contributed by atoms with Gasteiger partial charge in [-0.05, 0) is 143 Å². The third-order valence-electron chi connectivity index (χ3n) is 15.0. The van der Waals surface area contributed by atoms with Gasteiger partial charge in [-0.15, -0.1) is 0 Å². The summed E-state index contributed by atoms with van der Waals surface area (Å²) in [6.45, 7) is 16.4. The highest BCUT2D eigenvalue weighted by Crippen LogP contribution is 3.13. The van der Waals surface area contributed by atoms with Crippen LogP contribution in [-0.2, 0) is 38.0 Å². The molecular weight excluding hydrogens is 857 g/mol. The number of fused-ring (bicyclic) bond motifs is 2. The molecule has 0 heterocycles. The Morgan fingerprint density at radius 3 is 1.66 bits per heavy atom. The molecule has 2 N–H and O–H groups in total. The SMILES string of the molecule is C=C(C)C(=O)OCCCCCNC(=O)OC(COCC1(C)CCC2C(C1)C1CC13C1(COCC(COc4ccccc4)OC(=O)NCCCCCOC(=O)C(=C)C)CC213)COc1ccccc1. The van der Waals surface area contributed by atoms with E-state index < -0.39 is 24.4 Å². The minimum Gasteiger partial charge on any atom is -0.490 e. The maximum atomic E-state index is 12.9. The number of amides is 2. The van der Waals surface area contributed by atoms with E-state index in [1.165, 1.54) is 19.3 Å². The van der Waals surface area contributed by atoms with E-state index in [1.807, 2.05) is 60.7 Å².